The molecule has 0 bridgehead atoms. The van der Waals surface area contributed by atoms with E-state index in [1.807, 2.05) is 6.20 Å². The van der Waals surface area contributed by atoms with E-state index in [0.717, 1.165) is 52.0 Å². The van der Waals surface area contributed by atoms with Crippen molar-refractivity contribution < 1.29 is 18.9 Å². The predicted octanol–water partition coefficient (Wildman–Crippen LogP) is 6.48. The van der Waals surface area contributed by atoms with Crippen LogP contribution in [-0.2, 0) is 18.9 Å². The van der Waals surface area contributed by atoms with E-state index < -0.39 is 0 Å². The molecule has 1 fully saturated rings. The minimum absolute atomic E-state index is 0.153. The molecule has 1 saturated heterocycles. The Morgan fingerprint density at radius 3 is 2.03 bits per heavy atom. The lowest BCUT2D eigenvalue weighted by Gasteiger charge is -2.25. The summed E-state index contributed by atoms with van der Waals surface area (Å²) in [7, 11) is 0. The molecule has 0 amide bonds. The molecule has 1 aliphatic rings. The van der Waals surface area contributed by atoms with Gasteiger partial charge in [0.25, 0.3) is 0 Å². The number of nitrogens with zero attached hydrogens (tertiary/aromatic N) is 2. The van der Waals surface area contributed by atoms with Crippen molar-refractivity contribution in [3.05, 3.63) is 19.3 Å². The fourth-order valence-corrected chi connectivity index (χ4v) is 5.35. The average Bonchev–Trinajstić information content (AvgIpc) is 3.11. The number of hydrogen-bond donors (Lipinski definition) is 0. The van der Waals surface area contributed by atoms with Crippen molar-refractivity contribution in [2.24, 2.45) is 0 Å². The minimum Gasteiger partial charge on any atom is -0.379 e. The van der Waals surface area contributed by atoms with Crippen molar-refractivity contribution >= 4 is 45.2 Å². The molecular formula is C24H40I2N2O4. The Labute approximate surface area is 221 Å². The lowest BCUT2D eigenvalue weighted by Crippen LogP contribution is -2.38. The summed E-state index contributed by atoms with van der Waals surface area (Å²) < 4.78 is 27.0. The lowest BCUT2D eigenvalue weighted by atomic mass is 10.0. The summed E-state index contributed by atoms with van der Waals surface area (Å²) in [6.45, 7) is 9.33. The number of ether oxygens (including phenoxy) is 4. The van der Waals surface area contributed by atoms with E-state index in [9.17, 15) is 0 Å². The molecule has 1 aromatic heterocycles. The van der Waals surface area contributed by atoms with Gasteiger partial charge in [0.2, 0.25) is 0 Å². The number of aromatic nitrogens is 2. The van der Waals surface area contributed by atoms with Crippen molar-refractivity contribution in [2.45, 2.75) is 103 Å². The number of halogens is 2. The molecule has 0 spiro atoms. The van der Waals surface area contributed by atoms with Crippen LogP contribution in [0.3, 0.4) is 0 Å². The van der Waals surface area contributed by atoms with Crippen LogP contribution in [0, 0.1) is 7.53 Å². The summed E-state index contributed by atoms with van der Waals surface area (Å²) in [4.78, 5) is 8.97. The molecule has 0 saturated carbocycles. The highest BCUT2D eigenvalue weighted by atomic mass is 127. The van der Waals surface area contributed by atoms with E-state index in [2.05, 4.69) is 75.9 Å². The summed E-state index contributed by atoms with van der Waals surface area (Å²) in [6.07, 6.45) is 11.3. The smallest absolute Gasteiger partial charge is 0.191 e. The van der Waals surface area contributed by atoms with Gasteiger partial charge < -0.3 is 18.9 Å². The molecular weight excluding hydrogens is 634 g/mol. The maximum atomic E-state index is 6.55. The second kappa shape index (κ2) is 16.9. The summed E-state index contributed by atoms with van der Waals surface area (Å²) in [5.41, 5.74) is 0.974. The maximum Gasteiger partial charge on any atom is 0.191 e. The molecule has 1 aromatic rings. The fraction of sp³-hybridized carbons (Fsp3) is 0.833. The van der Waals surface area contributed by atoms with E-state index in [0.29, 0.717) is 13.2 Å². The van der Waals surface area contributed by atoms with E-state index in [1.165, 1.54) is 32.1 Å². The van der Waals surface area contributed by atoms with Crippen LogP contribution in [0.1, 0.15) is 90.2 Å². The van der Waals surface area contributed by atoms with Gasteiger partial charge >= 0.3 is 0 Å². The quantitative estimate of drug-likeness (QED) is 0.0817. The Kier molecular flexibility index (Phi) is 15.1. The van der Waals surface area contributed by atoms with Crippen molar-refractivity contribution in [3.8, 4) is 0 Å². The van der Waals surface area contributed by atoms with E-state index in [-0.39, 0.29) is 24.4 Å². The first-order chi connectivity index (χ1) is 15.6. The van der Waals surface area contributed by atoms with Gasteiger partial charge in [0.1, 0.15) is 28.1 Å². The zero-order valence-corrected chi connectivity index (χ0v) is 24.2. The van der Waals surface area contributed by atoms with Gasteiger partial charge in [0, 0.05) is 54.2 Å². The Morgan fingerprint density at radius 2 is 1.44 bits per heavy atom. The third-order valence-electron chi connectivity index (χ3n) is 5.65. The Hall–Kier alpha value is 0.380. The van der Waals surface area contributed by atoms with Crippen molar-refractivity contribution in [3.63, 3.8) is 0 Å². The molecule has 0 aromatic carbocycles. The van der Waals surface area contributed by atoms with Crippen LogP contribution in [0.2, 0.25) is 0 Å². The Bertz CT molecular complexity index is 638. The number of hydrogen-bond acceptors (Lipinski definition) is 6. The predicted molar refractivity (Wildman–Crippen MR) is 144 cm³/mol. The molecule has 184 valence electrons. The first-order valence-corrected chi connectivity index (χ1v) is 14.4. The van der Waals surface area contributed by atoms with Gasteiger partial charge in [0.05, 0.1) is 6.61 Å². The Balaban J connectivity index is 2.16. The topological polar surface area (TPSA) is 62.7 Å². The molecule has 32 heavy (non-hydrogen) atoms. The maximum absolute atomic E-state index is 6.55. The van der Waals surface area contributed by atoms with Gasteiger partial charge in [-0.25, -0.2) is 9.97 Å². The third-order valence-corrected chi connectivity index (χ3v) is 7.03. The molecule has 0 N–H and O–H groups in total. The van der Waals surface area contributed by atoms with Crippen LogP contribution >= 0.6 is 45.2 Å². The second-order valence-corrected chi connectivity index (χ2v) is 10.3. The fourth-order valence-electron chi connectivity index (χ4n) is 3.83. The molecule has 0 unspecified atom stereocenters. The van der Waals surface area contributed by atoms with Crippen LogP contribution in [0.5, 0.6) is 0 Å². The standard InChI is InChI=1S/C24H40I2N2O4/c1-4-7-10-13-29-17-19-21(30-14-11-8-5-2)22(31-15-12-9-6-3)20(32-19)18-16-27-24(26)28-23(18)25/h16,19-22H,4-15,17H2,1-3H3/t19-,20+,21-,22+/m1/s1. The molecule has 1 aliphatic heterocycles. The highest BCUT2D eigenvalue weighted by Crippen LogP contribution is 2.39. The second-order valence-electron chi connectivity index (χ2n) is 8.35. The summed E-state index contributed by atoms with van der Waals surface area (Å²) in [5, 5.41) is 0. The van der Waals surface area contributed by atoms with Gasteiger partial charge in [-0.05, 0) is 41.9 Å². The molecule has 0 radical (unpaired) electrons. The van der Waals surface area contributed by atoms with Gasteiger partial charge in [-0.1, -0.05) is 59.3 Å². The first kappa shape index (κ1) is 28.6. The van der Waals surface area contributed by atoms with Crippen molar-refractivity contribution in [1.82, 2.24) is 9.97 Å². The van der Waals surface area contributed by atoms with Crippen LogP contribution in [0.4, 0.5) is 0 Å². The Morgan fingerprint density at radius 1 is 0.844 bits per heavy atom. The summed E-state index contributed by atoms with van der Waals surface area (Å²) in [6, 6.07) is 0. The highest BCUT2D eigenvalue weighted by Gasteiger charge is 2.47. The number of rotatable bonds is 17. The van der Waals surface area contributed by atoms with Crippen LogP contribution in [0.15, 0.2) is 6.20 Å². The largest absolute Gasteiger partial charge is 0.379 e. The van der Waals surface area contributed by atoms with Gasteiger partial charge in [-0.3, -0.25) is 0 Å². The van der Waals surface area contributed by atoms with Crippen LogP contribution < -0.4 is 0 Å². The normalized spacial score (nSPS) is 23.2. The zero-order valence-electron chi connectivity index (χ0n) is 19.9. The average molecular weight is 674 g/mol. The zero-order chi connectivity index (χ0) is 23.2. The van der Waals surface area contributed by atoms with Crippen LogP contribution in [0.25, 0.3) is 0 Å². The molecule has 0 aliphatic carbocycles. The van der Waals surface area contributed by atoms with Crippen LogP contribution in [-0.4, -0.2) is 54.7 Å². The molecule has 6 nitrogen and oxygen atoms in total. The van der Waals surface area contributed by atoms with Gasteiger partial charge in [-0.15, -0.1) is 0 Å². The van der Waals surface area contributed by atoms with Crippen molar-refractivity contribution in [1.29, 1.82) is 0 Å². The molecule has 2 rings (SSSR count). The van der Waals surface area contributed by atoms with E-state index >= 15 is 0 Å². The number of unbranched alkanes of at least 4 members (excludes halogenated alkanes) is 6. The molecule has 4 atom stereocenters. The van der Waals surface area contributed by atoms with Gasteiger partial charge in [-0.2, -0.15) is 0 Å². The lowest BCUT2D eigenvalue weighted by molar-refractivity contribution is -0.0798. The monoisotopic (exact) mass is 674 g/mol. The molecule has 8 heteroatoms. The summed E-state index contributed by atoms with van der Waals surface area (Å²) >= 11 is 4.41. The van der Waals surface area contributed by atoms with Gasteiger partial charge in [0.15, 0.2) is 3.83 Å². The third kappa shape index (κ3) is 9.56. The SMILES string of the molecule is CCCCCOC[C@H]1O[C@@H](c2cnc(I)nc2I)[C@H](OCCCCC)[C@@H]1OCCCCC. The molecule has 2 heterocycles. The first-order valence-electron chi connectivity index (χ1n) is 12.3. The van der Waals surface area contributed by atoms with E-state index in [1.54, 1.807) is 0 Å². The van der Waals surface area contributed by atoms with Crippen molar-refractivity contribution in [2.75, 3.05) is 26.4 Å². The highest BCUT2D eigenvalue weighted by molar-refractivity contribution is 14.1. The minimum atomic E-state index is -0.249. The summed E-state index contributed by atoms with van der Waals surface area (Å²) in [5.74, 6) is 0. The van der Waals surface area contributed by atoms with E-state index in [4.69, 9.17) is 18.9 Å².